The zero-order valence-electron chi connectivity index (χ0n) is 6.98. The van der Waals surface area contributed by atoms with E-state index in [-0.39, 0.29) is 0 Å². The second-order valence-corrected chi connectivity index (χ2v) is 9.51. The molecule has 0 aromatic heterocycles. The molecule has 1 saturated heterocycles. The van der Waals surface area contributed by atoms with Gasteiger partial charge in [0.2, 0.25) is 0 Å². The Balaban J connectivity index is 2.67. The van der Waals surface area contributed by atoms with Gasteiger partial charge in [-0.15, -0.1) is 0 Å². The second-order valence-electron chi connectivity index (χ2n) is 4.08. The van der Waals surface area contributed by atoms with E-state index in [2.05, 4.69) is 19.6 Å². The molecule has 1 aliphatic rings. The highest BCUT2D eigenvalue weighted by Crippen LogP contribution is 2.28. The molecule has 0 aromatic carbocycles. The summed E-state index contributed by atoms with van der Waals surface area (Å²) in [4.78, 5) is 0. The molecular weight excluding hydrogens is 144 g/mol. The summed E-state index contributed by atoms with van der Waals surface area (Å²) >= 11 is 0. The van der Waals surface area contributed by atoms with Gasteiger partial charge in [0.25, 0.3) is 0 Å². The Labute approximate surface area is 63.2 Å². The molecule has 0 amide bonds. The molecule has 1 unspecified atom stereocenters. The number of aliphatic hydroxyl groups is 1. The van der Waals surface area contributed by atoms with E-state index in [4.69, 9.17) is 4.74 Å². The largest absolute Gasteiger partial charge is 0.391 e. The van der Waals surface area contributed by atoms with Crippen LogP contribution in [0.3, 0.4) is 0 Å². The molecule has 0 aliphatic carbocycles. The number of rotatable bonds is 1. The third kappa shape index (κ3) is 1.26. The molecule has 1 atom stereocenters. The third-order valence-corrected chi connectivity index (χ3v) is 5.58. The maximum Gasteiger partial charge on any atom is 0.0852 e. The van der Waals surface area contributed by atoms with E-state index in [1.807, 2.05) is 0 Å². The predicted octanol–water partition coefficient (Wildman–Crippen LogP) is 1.02. The summed E-state index contributed by atoms with van der Waals surface area (Å²) in [6.07, 6.45) is 0.836. The molecule has 3 heteroatoms. The van der Waals surface area contributed by atoms with Crippen LogP contribution in [0.1, 0.15) is 6.42 Å². The fraction of sp³-hybridized carbons (Fsp3) is 1.00. The van der Waals surface area contributed by atoms with Crippen LogP contribution in [0.25, 0.3) is 0 Å². The van der Waals surface area contributed by atoms with Crippen LogP contribution in [0.15, 0.2) is 0 Å². The Morgan fingerprint density at radius 1 is 1.40 bits per heavy atom. The Kier molecular flexibility index (Phi) is 1.91. The van der Waals surface area contributed by atoms with Gasteiger partial charge in [-0.1, -0.05) is 19.6 Å². The molecule has 10 heavy (non-hydrogen) atoms. The molecule has 0 bridgehead atoms. The summed E-state index contributed by atoms with van der Waals surface area (Å²) in [6, 6.07) is 0. The Bertz CT molecular complexity index is 122. The van der Waals surface area contributed by atoms with Crippen LogP contribution in [-0.2, 0) is 4.74 Å². The molecule has 2 nitrogen and oxygen atoms in total. The third-order valence-electron chi connectivity index (χ3n) is 2.40. The lowest BCUT2D eigenvalue weighted by Crippen LogP contribution is -2.52. The molecule has 1 fully saturated rings. The van der Waals surface area contributed by atoms with Crippen LogP contribution in [0.4, 0.5) is 0 Å². The fourth-order valence-electron chi connectivity index (χ4n) is 1.15. The van der Waals surface area contributed by atoms with E-state index in [9.17, 15) is 5.11 Å². The van der Waals surface area contributed by atoms with Crippen molar-refractivity contribution in [1.82, 2.24) is 0 Å². The minimum atomic E-state index is -1.42. The quantitative estimate of drug-likeness (QED) is 0.580. The number of ether oxygens (including phenoxy) is 1. The molecule has 0 radical (unpaired) electrons. The van der Waals surface area contributed by atoms with Crippen molar-refractivity contribution in [2.45, 2.75) is 31.3 Å². The molecule has 60 valence electrons. The van der Waals surface area contributed by atoms with Crippen LogP contribution in [0, 0.1) is 0 Å². The van der Waals surface area contributed by atoms with Gasteiger partial charge >= 0.3 is 0 Å². The van der Waals surface area contributed by atoms with Crippen LogP contribution in [0.2, 0.25) is 19.6 Å². The maximum atomic E-state index is 9.96. The normalized spacial score (nSPS) is 34.8. The number of hydrogen-bond donors (Lipinski definition) is 1. The van der Waals surface area contributed by atoms with Gasteiger partial charge in [0.1, 0.15) is 0 Å². The Morgan fingerprint density at radius 2 is 2.00 bits per heavy atom. The first-order chi connectivity index (χ1) is 4.46. The molecule has 0 aromatic rings. The lowest BCUT2D eigenvalue weighted by atomic mass is 10.3. The molecule has 1 rings (SSSR count). The van der Waals surface area contributed by atoms with E-state index < -0.39 is 13.3 Å². The smallest absolute Gasteiger partial charge is 0.0852 e. The zero-order valence-corrected chi connectivity index (χ0v) is 7.98. The molecule has 1 aliphatic heterocycles. The van der Waals surface area contributed by atoms with E-state index in [0.29, 0.717) is 6.61 Å². The predicted molar refractivity (Wildman–Crippen MR) is 43.7 cm³/mol. The first kappa shape index (κ1) is 8.24. The monoisotopic (exact) mass is 160 g/mol. The SMILES string of the molecule is C[Si](C)(C)C1(O)CCOC1. The van der Waals surface area contributed by atoms with Crippen molar-refractivity contribution in [3.63, 3.8) is 0 Å². The second kappa shape index (κ2) is 2.32. The van der Waals surface area contributed by atoms with E-state index >= 15 is 0 Å². The van der Waals surface area contributed by atoms with Crippen molar-refractivity contribution in [1.29, 1.82) is 0 Å². The van der Waals surface area contributed by atoms with Gasteiger partial charge in [0.05, 0.1) is 19.9 Å². The summed E-state index contributed by atoms with van der Waals surface area (Å²) < 4.78 is 5.17. The van der Waals surface area contributed by atoms with Gasteiger partial charge in [-0.25, -0.2) is 0 Å². The fourth-order valence-corrected chi connectivity index (χ4v) is 2.53. The van der Waals surface area contributed by atoms with Crippen LogP contribution < -0.4 is 0 Å². The summed E-state index contributed by atoms with van der Waals surface area (Å²) in [6.45, 7) is 7.84. The van der Waals surface area contributed by atoms with Gasteiger partial charge in [0.15, 0.2) is 0 Å². The topological polar surface area (TPSA) is 29.5 Å². The van der Waals surface area contributed by atoms with Crippen molar-refractivity contribution >= 4 is 8.07 Å². The van der Waals surface area contributed by atoms with Crippen LogP contribution in [0.5, 0.6) is 0 Å². The summed E-state index contributed by atoms with van der Waals surface area (Å²) in [5, 5.41) is 9.51. The van der Waals surface area contributed by atoms with Crippen molar-refractivity contribution in [2.75, 3.05) is 13.2 Å². The molecular formula is C7H16O2Si. The van der Waals surface area contributed by atoms with Crippen molar-refractivity contribution in [3.05, 3.63) is 0 Å². The molecule has 0 spiro atoms. The van der Waals surface area contributed by atoms with Crippen molar-refractivity contribution in [3.8, 4) is 0 Å². The average molecular weight is 160 g/mol. The van der Waals surface area contributed by atoms with E-state index in [0.717, 1.165) is 13.0 Å². The highest BCUT2D eigenvalue weighted by molar-refractivity contribution is 6.79. The zero-order chi connectivity index (χ0) is 7.83. The Hall–Kier alpha value is 0.137. The van der Waals surface area contributed by atoms with Gasteiger partial charge in [-0.05, 0) is 6.42 Å². The van der Waals surface area contributed by atoms with Gasteiger partial charge in [-0.2, -0.15) is 0 Å². The summed E-state index contributed by atoms with van der Waals surface area (Å²) in [5.41, 5.74) is 0. The van der Waals surface area contributed by atoms with Crippen molar-refractivity contribution < 1.29 is 9.84 Å². The first-order valence-electron chi connectivity index (χ1n) is 3.76. The molecule has 1 heterocycles. The summed E-state index contributed by atoms with van der Waals surface area (Å²) in [7, 11) is -1.42. The minimum Gasteiger partial charge on any atom is -0.391 e. The number of hydrogen-bond acceptors (Lipinski definition) is 2. The highest BCUT2D eigenvalue weighted by Gasteiger charge is 2.44. The van der Waals surface area contributed by atoms with Gasteiger partial charge in [-0.3, -0.25) is 0 Å². The van der Waals surface area contributed by atoms with Gasteiger partial charge < -0.3 is 9.84 Å². The molecule has 1 N–H and O–H groups in total. The van der Waals surface area contributed by atoms with E-state index in [1.165, 1.54) is 0 Å². The Morgan fingerprint density at radius 3 is 2.20 bits per heavy atom. The van der Waals surface area contributed by atoms with Gasteiger partial charge in [0, 0.05) is 6.61 Å². The maximum absolute atomic E-state index is 9.96. The van der Waals surface area contributed by atoms with Crippen molar-refractivity contribution in [2.24, 2.45) is 0 Å². The summed E-state index contributed by atoms with van der Waals surface area (Å²) in [5.74, 6) is 0. The minimum absolute atomic E-state index is 0.451. The standard InChI is InChI=1S/C7H16O2Si/c1-10(2,3)7(8)4-5-9-6-7/h8H,4-6H2,1-3H3. The average Bonchev–Trinajstić information content (AvgIpc) is 2.13. The van der Waals surface area contributed by atoms with Crippen LogP contribution >= 0.6 is 0 Å². The lowest BCUT2D eigenvalue weighted by Gasteiger charge is -2.33. The lowest BCUT2D eigenvalue weighted by molar-refractivity contribution is 0.0867. The van der Waals surface area contributed by atoms with Crippen LogP contribution in [-0.4, -0.2) is 31.6 Å². The van der Waals surface area contributed by atoms with E-state index in [1.54, 1.807) is 0 Å². The first-order valence-corrected chi connectivity index (χ1v) is 7.26. The molecule has 0 saturated carbocycles. The highest BCUT2D eigenvalue weighted by atomic mass is 28.3.